The normalized spacial score (nSPS) is 14.4. The van der Waals surface area contributed by atoms with Crippen molar-refractivity contribution in [3.05, 3.63) is 75.8 Å². The molecule has 0 aliphatic carbocycles. The van der Waals surface area contributed by atoms with Gasteiger partial charge in [-0.2, -0.15) is 13.2 Å². The number of aromatic amines is 1. The summed E-state index contributed by atoms with van der Waals surface area (Å²) in [5.41, 5.74) is -1.54. The Morgan fingerprint density at radius 3 is 2.59 bits per heavy atom. The lowest BCUT2D eigenvalue weighted by Crippen LogP contribution is -2.25. The number of rotatable bonds is 4. The van der Waals surface area contributed by atoms with Crippen LogP contribution in [0.4, 0.5) is 39.3 Å². The van der Waals surface area contributed by atoms with Crippen molar-refractivity contribution < 1.29 is 31.5 Å². The minimum Gasteiger partial charge on any atom is -0.486 e. The standard InChI is InChI=1S/C25H18ClF5N4O2/c1-24(2)10-12-19-17(33-23(34-19)35-20-14(26)6-4-7-15(20)27)9-11(21(12)37-24)22(36)32-16-8-3-5-13(18(16)28)25(29,30)31/h3-9H,10H2,1-2H3,(H,32,36)(H2,33,34,35). The van der Waals surface area contributed by atoms with Gasteiger partial charge in [-0.3, -0.25) is 4.79 Å². The molecule has 6 nitrogen and oxygen atoms in total. The molecule has 0 radical (unpaired) electrons. The van der Waals surface area contributed by atoms with Crippen molar-refractivity contribution in [2.45, 2.75) is 32.0 Å². The summed E-state index contributed by atoms with van der Waals surface area (Å²) >= 11 is 6.09. The number of nitrogens with zero attached hydrogens (tertiary/aromatic N) is 1. The van der Waals surface area contributed by atoms with Crippen LogP contribution in [0, 0.1) is 11.6 Å². The summed E-state index contributed by atoms with van der Waals surface area (Å²) in [4.78, 5) is 20.6. The number of hydrogen-bond donors (Lipinski definition) is 3. The van der Waals surface area contributed by atoms with Gasteiger partial charge in [0.1, 0.15) is 17.2 Å². The lowest BCUT2D eigenvalue weighted by molar-refractivity contribution is -0.139. The molecule has 5 rings (SSSR count). The van der Waals surface area contributed by atoms with Crippen molar-refractivity contribution in [3.8, 4) is 5.75 Å². The van der Waals surface area contributed by atoms with E-state index in [-0.39, 0.29) is 28.0 Å². The largest absolute Gasteiger partial charge is 0.486 e. The van der Waals surface area contributed by atoms with Crippen LogP contribution in [0.5, 0.6) is 5.75 Å². The maximum atomic E-state index is 14.5. The number of para-hydroxylation sites is 1. The van der Waals surface area contributed by atoms with Crippen LogP contribution < -0.4 is 15.4 Å². The predicted molar refractivity (Wildman–Crippen MR) is 129 cm³/mol. The van der Waals surface area contributed by atoms with Crippen molar-refractivity contribution in [1.29, 1.82) is 0 Å². The number of nitrogens with one attached hydrogen (secondary N) is 3. The van der Waals surface area contributed by atoms with Gasteiger partial charge >= 0.3 is 6.18 Å². The smallest absolute Gasteiger partial charge is 0.419 e. The first-order chi connectivity index (χ1) is 17.3. The Kier molecular flexibility index (Phi) is 5.78. The molecule has 37 heavy (non-hydrogen) atoms. The van der Waals surface area contributed by atoms with E-state index in [1.165, 1.54) is 24.3 Å². The quantitative estimate of drug-likeness (QED) is 0.241. The Hall–Kier alpha value is -3.86. The lowest BCUT2D eigenvalue weighted by atomic mass is 9.98. The van der Waals surface area contributed by atoms with Crippen LogP contribution in [0.25, 0.3) is 11.0 Å². The predicted octanol–water partition coefficient (Wildman–Crippen LogP) is 7.22. The number of H-pyrrole nitrogens is 1. The van der Waals surface area contributed by atoms with Gasteiger partial charge in [-0.15, -0.1) is 0 Å². The zero-order valence-corrected chi connectivity index (χ0v) is 20.0. The second-order valence-corrected chi connectivity index (χ2v) is 9.50. The Bertz CT molecular complexity index is 1540. The molecule has 0 atom stereocenters. The minimum absolute atomic E-state index is 0.00515. The summed E-state index contributed by atoms with van der Waals surface area (Å²) in [6.07, 6.45) is -4.58. The fraction of sp³-hybridized carbons (Fsp3) is 0.200. The number of hydrogen-bond acceptors (Lipinski definition) is 4. The Labute approximate surface area is 211 Å². The van der Waals surface area contributed by atoms with E-state index in [1.54, 1.807) is 13.8 Å². The van der Waals surface area contributed by atoms with Gasteiger partial charge in [0.2, 0.25) is 5.95 Å². The highest BCUT2D eigenvalue weighted by molar-refractivity contribution is 6.33. The number of benzene rings is 3. The number of carbonyl (C=O) groups is 1. The highest BCUT2D eigenvalue weighted by atomic mass is 35.5. The summed E-state index contributed by atoms with van der Waals surface area (Å²) in [6, 6.07) is 8.17. The zero-order chi connectivity index (χ0) is 26.7. The summed E-state index contributed by atoms with van der Waals surface area (Å²) in [5, 5.41) is 5.12. The number of ether oxygens (including phenoxy) is 1. The number of imidazole rings is 1. The SMILES string of the molecule is CC1(C)Cc2c(c(C(=O)Nc3cccc(C(F)(F)F)c3F)cc3[nH]c(Nc4c(F)cccc4Cl)nc23)O1. The summed E-state index contributed by atoms with van der Waals surface area (Å²) in [7, 11) is 0. The first-order valence-corrected chi connectivity index (χ1v) is 11.3. The Balaban J connectivity index is 1.56. The van der Waals surface area contributed by atoms with Gasteiger partial charge in [-0.25, -0.2) is 13.8 Å². The fourth-order valence-electron chi connectivity index (χ4n) is 4.22. The average Bonchev–Trinajstić information content (AvgIpc) is 3.35. The molecule has 2 heterocycles. The molecule has 0 fully saturated rings. The monoisotopic (exact) mass is 536 g/mol. The second-order valence-electron chi connectivity index (χ2n) is 9.09. The van der Waals surface area contributed by atoms with Crippen molar-refractivity contribution in [2.24, 2.45) is 0 Å². The maximum Gasteiger partial charge on any atom is 0.419 e. The van der Waals surface area contributed by atoms with Gasteiger partial charge in [0.15, 0.2) is 5.82 Å². The van der Waals surface area contributed by atoms with Crippen LogP contribution >= 0.6 is 11.6 Å². The third kappa shape index (κ3) is 4.55. The summed E-state index contributed by atoms with van der Waals surface area (Å²) < 4.78 is 74.1. The van der Waals surface area contributed by atoms with E-state index >= 15 is 0 Å². The molecule has 0 unspecified atom stereocenters. The van der Waals surface area contributed by atoms with Gasteiger partial charge < -0.3 is 20.4 Å². The van der Waals surface area contributed by atoms with Gasteiger partial charge in [-0.1, -0.05) is 23.7 Å². The molecule has 0 saturated carbocycles. The number of anilines is 3. The number of alkyl halides is 3. The van der Waals surface area contributed by atoms with Crippen LogP contribution in [0.1, 0.15) is 35.3 Å². The molecule has 4 aromatic rings. The van der Waals surface area contributed by atoms with Gasteiger partial charge in [0, 0.05) is 12.0 Å². The molecule has 12 heteroatoms. The maximum absolute atomic E-state index is 14.5. The fourth-order valence-corrected chi connectivity index (χ4v) is 4.43. The molecule has 0 saturated heterocycles. The van der Waals surface area contributed by atoms with E-state index in [4.69, 9.17) is 16.3 Å². The van der Waals surface area contributed by atoms with Crippen molar-refractivity contribution in [1.82, 2.24) is 9.97 Å². The van der Waals surface area contributed by atoms with E-state index in [0.717, 1.165) is 12.1 Å². The van der Waals surface area contributed by atoms with Crippen molar-refractivity contribution in [2.75, 3.05) is 10.6 Å². The molecular weight excluding hydrogens is 519 g/mol. The third-order valence-corrected chi connectivity index (χ3v) is 6.12. The van der Waals surface area contributed by atoms with Crippen LogP contribution in [-0.2, 0) is 12.6 Å². The summed E-state index contributed by atoms with van der Waals surface area (Å²) in [6.45, 7) is 3.58. The van der Waals surface area contributed by atoms with E-state index in [2.05, 4.69) is 20.6 Å². The molecule has 1 aliphatic heterocycles. The molecule has 1 aliphatic rings. The van der Waals surface area contributed by atoms with Crippen LogP contribution in [0.3, 0.4) is 0 Å². The van der Waals surface area contributed by atoms with Gasteiger partial charge in [0.25, 0.3) is 5.91 Å². The number of aromatic nitrogens is 2. The van der Waals surface area contributed by atoms with Crippen LogP contribution in [0.15, 0.2) is 42.5 Å². The number of fused-ring (bicyclic) bond motifs is 3. The van der Waals surface area contributed by atoms with Crippen LogP contribution in [0.2, 0.25) is 5.02 Å². The van der Waals surface area contributed by atoms with Gasteiger partial charge in [0.05, 0.1) is 38.6 Å². The minimum atomic E-state index is -4.93. The Morgan fingerprint density at radius 1 is 1.16 bits per heavy atom. The molecule has 0 bridgehead atoms. The molecular formula is C25H18ClF5N4O2. The van der Waals surface area contributed by atoms with Gasteiger partial charge in [-0.05, 0) is 44.2 Å². The lowest BCUT2D eigenvalue weighted by Gasteiger charge is -2.18. The first-order valence-electron chi connectivity index (χ1n) is 11.0. The number of carbonyl (C=O) groups excluding carboxylic acids is 1. The van der Waals surface area contributed by atoms with E-state index < -0.39 is 40.6 Å². The van der Waals surface area contributed by atoms with Crippen molar-refractivity contribution >= 4 is 45.9 Å². The highest BCUT2D eigenvalue weighted by Crippen LogP contribution is 2.43. The zero-order valence-electron chi connectivity index (χ0n) is 19.3. The average molecular weight is 537 g/mol. The van der Waals surface area contributed by atoms with E-state index in [0.29, 0.717) is 29.1 Å². The topological polar surface area (TPSA) is 79.0 Å². The van der Waals surface area contributed by atoms with E-state index in [9.17, 15) is 26.7 Å². The first kappa shape index (κ1) is 24.8. The molecule has 3 aromatic carbocycles. The summed E-state index contributed by atoms with van der Waals surface area (Å²) in [5.74, 6) is -2.78. The molecule has 3 N–H and O–H groups in total. The van der Waals surface area contributed by atoms with Crippen LogP contribution in [-0.4, -0.2) is 21.5 Å². The third-order valence-electron chi connectivity index (χ3n) is 5.81. The Morgan fingerprint density at radius 2 is 1.89 bits per heavy atom. The number of halogens is 6. The second kappa shape index (κ2) is 8.62. The highest BCUT2D eigenvalue weighted by Gasteiger charge is 2.38. The molecule has 192 valence electrons. The number of amides is 1. The molecule has 0 spiro atoms. The van der Waals surface area contributed by atoms with E-state index in [1.807, 2.05) is 0 Å². The molecule has 1 aromatic heterocycles. The molecule has 1 amide bonds. The van der Waals surface area contributed by atoms with Crippen molar-refractivity contribution in [3.63, 3.8) is 0 Å².